The molecular formula is C16H13ClN2O. The molecule has 0 spiro atoms. The number of hydrogen-bond acceptors (Lipinski definition) is 1. The molecule has 100 valence electrons. The van der Waals surface area contributed by atoms with E-state index in [4.69, 9.17) is 11.6 Å². The molecule has 0 radical (unpaired) electrons. The molecule has 1 aromatic heterocycles. The Morgan fingerprint density at radius 2 is 1.85 bits per heavy atom. The van der Waals surface area contributed by atoms with Gasteiger partial charge in [0, 0.05) is 17.3 Å². The number of anilines is 1. The number of nitrogens with zero attached hydrogens (tertiary/aromatic N) is 1. The highest BCUT2D eigenvalue weighted by Crippen LogP contribution is 2.24. The minimum atomic E-state index is -0.0754. The highest BCUT2D eigenvalue weighted by atomic mass is 35.5. The molecule has 0 atom stereocenters. The Kier molecular flexibility index (Phi) is 3.44. The summed E-state index contributed by atoms with van der Waals surface area (Å²) in [7, 11) is 0. The molecule has 3 aromatic rings. The van der Waals surface area contributed by atoms with Gasteiger partial charge < -0.3 is 9.88 Å². The van der Waals surface area contributed by atoms with Gasteiger partial charge >= 0.3 is 0 Å². The number of hydrogen-bond donors (Lipinski definition) is 1. The van der Waals surface area contributed by atoms with Crippen molar-refractivity contribution in [2.45, 2.75) is 6.54 Å². The lowest BCUT2D eigenvalue weighted by atomic mass is 10.2. The van der Waals surface area contributed by atoms with Gasteiger partial charge in [-0.15, -0.1) is 0 Å². The van der Waals surface area contributed by atoms with Gasteiger partial charge in [-0.25, -0.2) is 0 Å². The van der Waals surface area contributed by atoms with Crippen molar-refractivity contribution in [3.63, 3.8) is 0 Å². The summed E-state index contributed by atoms with van der Waals surface area (Å²) in [5.41, 5.74) is 1.68. The van der Waals surface area contributed by atoms with Crippen LogP contribution in [0.1, 0.15) is 0 Å². The molecule has 0 aliphatic carbocycles. The number of carbonyl (C=O) groups excluding carboxylic acids is 1. The maximum Gasteiger partial charge on any atom is 0.244 e. The summed E-state index contributed by atoms with van der Waals surface area (Å²) < 4.78 is 1.86. The van der Waals surface area contributed by atoms with Crippen LogP contribution in [0.4, 0.5) is 5.69 Å². The molecule has 0 saturated carbocycles. The van der Waals surface area contributed by atoms with E-state index in [-0.39, 0.29) is 12.5 Å². The zero-order valence-electron chi connectivity index (χ0n) is 10.7. The summed E-state index contributed by atoms with van der Waals surface area (Å²) in [6.45, 7) is 0.238. The molecule has 20 heavy (non-hydrogen) atoms. The van der Waals surface area contributed by atoms with Gasteiger partial charge in [0.1, 0.15) is 6.54 Å². The lowest BCUT2D eigenvalue weighted by molar-refractivity contribution is -0.116. The molecular weight excluding hydrogens is 272 g/mol. The van der Waals surface area contributed by atoms with Gasteiger partial charge in [0.25, 0.3) is 0 Å². The third-order valence-electron chi connectivity index (χ3n) is 3.11. The predicted molar refractivity (Wildman–Crippen MR) is 82.0 cm³/mol. The minimum absolute atomic E-state index is 0.0754. The van der Waals surface area contributed by atoms with Crippen LogP contribution in [0.15, 0.2) is 60.8 Å². The highest BCUT2D eigenvalue weighted by Gasteiger charge is 2.08. The molecule has 3 nitrogen and oxygen atoms in total. The average molecular weight is 285 g/mol. The molecule has 0 saturated heterocycles. The number of fused-ring (bicyclic) bond motifs is 1. The van der Waals surface area contributed by atoms with Crippen LogP contribution >= 0.6 is 11.6 Å². The summed E-state index contributed by atoms with van der Waals surface area (Å²) >= 11 is 6.19. The van der Waals surface area contributed by atoms with Crippen molar-refractivity contribution in [3.05, 3.63) is 65.8 Å². The number of rotatable bonds is 3. The van der Waals surface area contributed by atoms with E-state index in [2.05, 4.69) is 5.32 Å². The van der Waals surface area contributed by atoms with Crippen molar-refractivity contribution in [1.82, 2.24) is 4.57 Å². The molecule has 4 heteroatoms. The number of benzene rings is 2. The first-order chi connectivity index (χ1) is 9.74. The number of aromatic nitrogens is 1. The molecule has 0 aliphatic rings. The molecule has 0 aliphatic heterocycles. The number of halogens is 1. The van der Waals surface area contributed by atoms with E-state index in [1.54, 1.807) is 0 Å². The SMILES string of the molecule is O=C(Cn1ccc2cccc(Cl)c21)Nc1ccccc1. The van der Waals surface area contributed by atoms with E-state index in [0.717, 1.165) is 16.6 Å². The Hall–Kier alpha value is -2.26. The van der Waals surface area contributed by atoms with Gasteiger partial charge in [-0.05, 0) is 24.3 Å². The van der Waals surface area contributed by atoms with Gasteiger partial charge in [0.15, 0.2) is 0 Å². The quantitative estimate of drug-likeness (QED) is 0.777. The maximum absolute atomic E-state index is 12.1. The van der Waals surface area contributed by atoms with Crippen LogP contribution in [-0.2, 0) is 11.3 Å². The Morgan fingerprint density at radius 3 is 2.65 bits per heavy atom. The van der Waals surface area contributed by atoms with Crippen molar-refractivity contribution < 1.29 is 4.79 Å². The fraction of sp³-hybridized carbons (Fsp3) is 0.0625. The smallest absolute Gasteiger partial charge is 0.244 e. The van der Waals surface area contributed by atoms with Crippen molar-refractivity contribution in [2.75, 3.05) is 5.32 Å². The monoisotopic (exact) mass is 284 g/mol. The van der Waals surface area contributed by atoms with Crippen LogP contribution in [0.3, 0.4) is 0 Å². The van der Waals surface area contributed by atoms with E-state index in [0.29, 0.717) is 5.02 Å². The van der Waals surface area contributed by atoms with Gasteiger partial charge in [-0.1, -0.05) is 41.9 Å². The Bertz CT molecular complexity index is 750. The second-order valence-corrected chi connectivity index (χ2v) is 4.94. The van der Waals surface area contributed by atoms with Crippen LogP contribution in [-0.4, -0.2) is 10.5 Å². The molecule has 1 N–H and O–H groups in total. The third kappa shape index (κ3) is 2.53. The zero-order chi connectivity index (χ0) is 13.9. The van der Waals surface area contributed by atoms with Crippen LogP contribution in [0.2, 0.25) is 5.02 Å². The molecule has 1 heterocycles. The summed E-state index contributed by atoms with van der Waals surface area (Å²) in [4.78, 5) is 12.1. The molecule has 0 bridgehead atoms. The lowest BCUT2D eigenvalue weighted by Crippen LogP contribution is -2.18. The van der Waals surface area contributed by atoms with Gasteiger partial charge in [-0.2, -0.15) is 0 Å². The lowest BCUT2D eigenvalue weighted by Gasteiger charge is -2.08. The third-order valence-corrected chi connectivity index (χ3v) is 3.42. The number of para-hydroxylation sites is 2. The summed E-state index contributed by atoms with van der Waals surface area (Å²) in [5.74, 6) is -0.0754. The molecule has 0 fully saturated rings. The van der Waals surface area contributed by atoms with Crippen LogP contribution < -0.4 is 5.32 Å². The van der Waals surface area contributed by atoms with Crippen LogP contribution in [0.25, 0.3) is 10.9 Å². The summed E-state index contributed by atoms with van der Waals surface area (Å²) in [6.07, 6.45) is 1.88. The normalized spacial score (nSPS) is 10.7. The fourth-order valence-corrected chi connectivity index (χ4v) is 2.51. The van der Waals surface area contributed by atoms with Gasteiger partial charge in [-0.3, -0.25) is 4.79 Å². The average Bonchev–Trinajstić information content (AvgIpc) is 2.84. The van der Waals surface area contributed by atoms with Crippen molar-refractivity contribution >= 4 is 34.1 Å². The van der Waals surface area contributed by atoms with E-state index < -0.39 is 0 Å². The van der Waals surface area contributed by atoms with Gasteiger partial charge in [0.05, 0.1) is 10.5 Å². The van der Waals surface area contributed by atoms with E-state index in [9.17, 15) is 4.79 Å². The minimum Gasteiger partial charge on any atom is -0.337 e. The zero-order valence-corrected chi connectivity index (χ0v) is 11.5. The van der Waals surface area contributed by atoms with Crippen LogP contribution in [0.5, 0.6) is 0 Å². The Labute approximate surface area is 121 Å². The molecule has 3 rings (SSSR count). The Morgan fingerprint density at radius 1 is 1.05 bits per heavy atom. The van der Waals surface area contributed by atoms with E-state index >= 15 is 0 Å². The largest absolute Gasteiger partial charge is 0.337 e. The molecule has 2 aromatic carbocycles. The molecule has 0 unspecified atom stereocenters. The van der Waals surface area contributed by atoms with Crippen molar-refractivity contribution in [3.8, 4) is 0 Å². The molecule has 1 amide bonds. The highest BCUT2D eigenvalue weighted by molar-refractivity contribution is 6.35. The van der Waals surface area contributed by atoms with Gasteiger partial charge in [0.2, 0.25) is 5.91 Å². The number of carbonyl (C=O) groups is 1. The Balaban J connectivity index is 1.81. The van der Waals surface area contributed by atoms with Crippen molar-refractivity contribution in [2.24, 2.45) is 0 Å². The first-order valence-corrected chi connectivity index (χ1v) is 6.70. The van der Waals surface area contributed by atoms with E-state index in [1.807, 2.05) is 65.4 Å². The van der Waals surface area contributed by atoms with E-state index in [1.165, 1.54) is 0 Å². The first kappa shape index (κ1) is 12.8. The summed E-state index contributed by atoms with van der Waals surface area (Å²) in [6, 6.07) is 17.1. The topological polar surface area (TPSA) is 34.0 Å². The van der Waals surface area contributed by atoms with Crippen molar-refractivity contribution in [1.29, 1.82) is 0 Å². The maximum atomic E-state index is 12.1. The number of nitrogens with one attached hydrogen (secondary N) is 1. The fourth-order valence-electron chi connectivity index (χ4n) is 2.22. The predicted octanol–water partition coefficient (Wildman–Crippen LogP) is 3.93. The first-order valence-electron chi connectivity index (χ1n) is 6.32. The second-order valence-electron chi connectivity index (χ2n) is 4.54. The number of amides is 1. The van der Waals surface area contributed by atoms with Crippen LogP contribution in [0, 0.1) is 0 Å². The second kappa shape index (κ2) is 5.39. The standard InChI is InChI=1S/C16H13ClN2O/c17-14-8-4-5-12-9-10-19(16(12)14)11-15(20)18-13-6-2-1-3-7-13/h1-10H,11H2,(H,18,20). The summed E-state index contributed by atoms with van der Waals surface area (Å²) in [5, 5.41) is 4.55.